The molecule has 22 heavy (non-hydrogen) atoms. The van der Waals surface area contributed by atoms with Crippen LogP contribution in [0.5, 0.6) is 0 Å². The largest absolute Gasteiger partial charge is 0.376 e. The van der Waals surface area contributed by atoms with Crippen molar-refractivity contribution in [2.45, 2.75) is 32.4 Å². The Balaban J connectivity index is 1.54. The van der Waals surface area contributed by atoms with E-state index >= 15 is 0 Å². The maximum atomic E-state index is 5.59. The number of aryl methyl sites for hydroxylation is 1. The number of rotatable bonds is 6. The van der Waals surface area contributed by atoms with E-state index in [0.717, 1.165) is 38.4 Å². The molecular formula is C17H22N4O. The lowest BCUT2D eigenvalue weighted by Gasteiger charge is -2.11. The number of nitrogens with zero attached hydrogens (tertiary/aromatic N) is 2. The molecule has 1 unspecified atom stereocenters. The van der Waals surface area contributed by atoms with Crippen molar-refractivity contribution in [2.24, 2.45) is 0 Å². The second-order valence-corrected chi connectivity index (χ2v) is 5.62. The summed E-state index contributed by atoms with van der Waals surface area (Å²) in [6, 6.07) is 10.3. The lowest BCUT2D eigenvalue weighted by Crippen LogP contribution is -2.19. The molecule has 0 bridgehead atoms. The van der Waals surface area contributed by atoms with Crippen molar-refractivity contribution < 1.29 is 4.74 Å². The fraction of sp³-hybridized carbons (Fsp3) is 0.412. The SMILES string of the molecule is Cc1cccc(CNc2ccnc(NCC3CCCO3)n2)c1. The predicted octanol–water partition coefficient (Wildman–Crippen LogP) is 2.99. The molecule has 1 saturated heterocycles. The van der Waals surface area contributed by atoms with Crippen molar-refractivity contribution in [3.05, 3.63) is 47.7 Å². The van der Waals surface area contributed by atoms with Crippen LogP contribution < -0.4 is 10.6 Å². The van der Waals surface area contributed by atoms with Gasteiger partial charge < -0.3 is 15.4 Å². The first-order valence-corrected chi connectivity index (χ1v) is 7.77. The van der Waals surface area contributed by atoms with Crippen molar-refractivity contribution in [1.29, 1.82) is 0 Å². The number of nitrogens with one attached hydrogen (secondary N) is 2. The van der Waals surface area contributed by atoms with Gasteiger partial charge in [-0.1, -0.05) is 29.8 Å². The van der Waals surface area contributed by atoms with Crippen LogP contribution in [-0.4, -0.2) is 29.2 Å². The maximum absolute atomic E-state index is 5.59. The molecule has 0 radical (unpaired) electrons. The molecule has 1 aromatic heterocycles. The van der Waals surface area contributed by atoms with Gasteiger partial charge in [-0.3, -0.25) is 0 Å². The van der Waals surface area contributed by atoms with Crippen molar-refractivity contribution in [1.82, 2.24) is 9.97 Å². The molecule has 5 nitrogen and oxygen atoms in total. The lowest BCUT2D eigenvalue weighted by molar-refractivity contribution is 0.120. The van der Waals surface area contributed by atoms with Crippen LogP contribution in [0.4, 0.5) is 11.8 Å². The third-order valence-corrected chi connectivity index (χ3v) is 3.72. The van der Waals surface area contributed by atoms with Crippen molar-refractivity contribution >= 4 is 11.8 Å². The molecule has 116 valence electrons. The fourth-order valence-electron chi connectivity index (χ4n) is 2.57. The molecule has 0 aliphatic carbocycles. The highest BCUT2D eigenvalue weighted by Crippen LogP contribution is 2.13. The van der Waals surface area contributed by atoms with Gasteiger partial charge in [0.25, 0.3) is 0 Å². The Hall–Kier alpha value is -2.14. The van der Waals surface area contributed by atoms with Gasteiger partial charge in [-0.05, 0) is 31.4 Å². The van der Waals surface area contributed by atoms with Crippen molar-refractivity contribution in [2.75, 3.05) is 23.8 Å². The van der Waals surface area contributed by atoms with E-state index in [0.29, 0.717) is 5.95 Å². The minimum absolute atomic E-state index is 0.285. The molecule has 3 rings (SSSR count). The van der Waals surface area contributed by atoms with Crippen LogP contribution in [0, 0.1) is 6.92 Å². The van der Waals surface area contributed by atoms with E-state index in [-0.39, 0.29) is 6.10 Å². The zero-order chi connectivity index (χ0) is 15.2. The summed E-state index contributed by atoms with van der Waals surface area (Å²) in [5, 5.41) is 6.58. The average molecular weight is 298 g/mol. The normalized spacial score (nSPS) is 17.4. The summed E-state index contributed by atoms with van der Waals surface area (Å²) in [6.45, 7) is 4.48. The zero-order valence-corrected chi connectivity index (χ0v) is 12.9. The fourth-order valence-corrected chi connectivity index (χ4v) is 2.57. The van der Waals surface area contributed by atoms with Gasteiger partial charge in [0.05, 0.1) is 6.10 Å². The molecule has 1 aromatic carbocycles. The van der Waals surface area contributed by atoms with Gasteiger partial charge >= 0.3 is 0 Å². The number of anilines is 2. The summed E-state index contributed by atoms with van der Waals surface area (Å²) in [5.74, 6) is 1.47. The Morgan fingerprint density at radius 3 is 3.05 bits per heavy atom. The number of hydrogen-bond donors (Lipinski definition) is 2. The summed E-state index contributed by atoms with van der Waals surface area (Å²) in [5.41, 5.74) is 2.51. The van der Waals surface area contributed by atoms with Gasteiger partial charge in [0, 0.05) is 25.9 Å². The van der Waals surface area contributed by atoms with Gasteiger partial charge in [-0.15, -0.1) is 0 Å². The van der Waals surface area contributed by atoms with Crippen LogP contribution in [0.1, 0.15) is 24.0 Å². The second-order valence-electron chi connectivity index (χ2n) is 5.62. The Kier molecular flexibility index (Phi) is 4.85. The number of hydrogen-bond acceptors (Lipinski definition) is 5. The Morgan fingerprint density at radius 1 is 1.27 bits per heavy atom. The number of aromatic nitrogens is 2. The maximum Gasteiger partial charge on any atom is 0.224 e. The van der Waals surface area contributed by atoms with E-state index in [1.54, 1.807) is 6.20 Å². The first-order valence-electron chi connectivity index (χ1n) is 7.77. The van der Waals surface area contributed by atoms with Crippen LogP contribution in [0.2, 0.25) is 0 Å². The van der Waals surface area contributed by atoms with Crippen molar-refractivity contribution in [3.8, 4) is 0 Å². The van der Waals surface area contributed by atoms with E-state index in [4.69, 9.17) is 4.74 Å². The molecule has 1 aliphatic rings. The first-order chi connectivity index (χ1) is 10.8. The van der Waals surface area contributed by atoms with Crippen LogP contribution in [-0.2, 0) is 11.3 Å². The van der Waals surface area contributed by atoms with Crippen LogP contribution >= 0.6 is 0 Å². The molecule has 1 atom stereocenters. The number of ether oxygens (including phenoxy) is 1. The highest BCUT2D eigenvalue weighted by molar-refractivity contribution is 5.40. The molecule has 0 amide bonds. The first kappa shape index (κ1) is 14.8. The minimum Gasteiger partial charge on any atom is -0.376 e. The lowest BCUT2D eigenvalue weighted by atomic mass is 10.1. The van der Waals surface area contributed by atoms with E-state index in [2.05, 4.69) is 51.8 Å². The summed E-state index contributed by atoms with van der Waals surface area (Å²) in [6.07, 6.45) is 4.31. The molecule has 0 spiro atoms. The van der Waals surface area contributed by atoms with Crippen molar-refractivity contribution in [3.63, 3.8) is 0 Å². The molecule has 2 aromatic rings. The zero-order valence-electron chi connectivity index (χ0n) is 12.9. The molecule has 2 heterocycles. The van der Waals surface area contributed by atoms with E-state index in [1.165, 1.54) is 11.1 Å². The van der Waals surface area contributed by atoms with Crippen LogP contribution in [0.3, 0.4) is 0 Å². The average Bonchev–Trinajstić information content (AvgIpc) is 3.05. The summed E-state index contributed by atoms with van der Waals surface area (Å²) < 4.78 is 5.59. The Bertz CT molecular complexity index is 611. The smallest absolute Gasteiger partial charge is 0.224 e. The monoisotopic (exact) mass is 298 g/mol. The highest BCUT2D eigenvalue weighted by Gasteiger charge is 2.15. The van der Waals surface area contributed by atoms with Gasteiger partial charge in [0.2, 0.25) is 5.95 Å². The highest BCUT2D eigenvalue weighted by atomic mass is 16.5. The third kappa shape index (κ3) is 4.18. The van der Waals surface area contributed by atoms with Gasteiger partial charge in [-0.2, -0.15) is 4.98 Å². The second kappa shape index (κ2) is 7.22. The number of benzene rings is 1. The Labute approximate surface area is 131 Å². The van der Waals surface area contributed by atoms with E-state index < -0.39 is 0 Å². The molecule has 2 N–H and O–H groups in total. The summed E-state index contributed by atoms with van der Waals surface area (Å²) in [7, 11) is 0. The topological polar surface area (TPSA) is 59.1 Å². The minimum atomic E-state index is 0.285. The summed E-state index contributed by atoms with van der Waals surface area (Å²) >= 11 is 0. The Morgan fingerprint density at radius 2 is 2.23 bits per heavy atom. The summed E-state index contributed by atoms with van der Waals surface area (Å²) in [4.78, 5) is 8.73. The van der Waals surface area contributed by atoms with Crippen LogP contribution in [0.25, 0.3) is 0 Å². The third-order valence-electron chi connectivity index (χ3n) is 3.72. The standard InChI is InChI=1S/C17H22N4O/c1-13-4-2-5-14(10-13)11-19-16-7-8-18-17(21-16)20-12-15-6-3-9-22-15/h2,4-5,7-8,10,15H,3,6,9,11-12H2,1H3,(H2,18,19,20,21). The van der Waals surface area contributed by atoms with Gasteiger partial charge in [0.1, 0.15) is 5.82 Å². The molecular weight excluding hydrogens is 276 g/mol. The molecule has 1 aliphatic heterocycles. The predicted molar refractivity (Wildman–Crippen MR) is 88.0 cm³/mol. The van der Waals surface area contributed by atoms with Gasteiger partial charge in [-0.25, -0.2) is 4.98 Å². The molecule has 0 saturated carbocycles. The molecule has 5 heteroatoms. The van der Waals surface area contributed by atoms with Gasteiger partial charge in [0.15, 0.2) is 0 Å². The quantitative estimate of drug-likeness (QED) is 0.858. The van der Waals surface area contributed by atoms with E-state index in [9.17, 15) is 0 Å². The molecule has 1 fully saturated rings. The van der Waals surface area contributed by atoms with E-state index in [1.807, 2.05) is 6.07 Å². The van der Waals surface area contributed by atoms with Crippen LogP contribution in [0.15, 0.2) is 36.5 Å².